The van der Waals surface area contributed by atoms with E-state index in [2.05, 4.69) is 6.07 Å². The molecule has 1 rings (SSSR count). The molecule has 1 aromatic carbocycles. The molecule has 0 aromatic heterocycles. The summed E-state index contributed by atoms with van der Waals surface area (Å²) in [6.07, 6.45) is 0. The molecule has 0 saturated heterocycles. The summed E-state index contributed by atoms with van der Waals surface area (Å²) < 4.78 is 0. The molecule has 13 heavy (non-hydrogen) atoms. The smallest absolute Gasteiger partial charge is 0.0735 e. The second kappa shape index (κ2) is 3.95. The molecule has 0 bridgehead atoms. The highest BCUT2D eigenvalue weighted by Crippen LogP contribution is 2.23. The third-order valence-corrected chi connectivity index (χ3v) is 2.10. The molecular weight excluding hydrogens is 160 g/mol. The molecule has 0 saturated carbocycles. The molecule has 0 radical (unpaired) electrons. The molecule has 0 amide bonds. The van der Waals surface area contributed by atoms with Gasteiger partial charge in [0.15, 0.2) is 0 Å². The van der Waals surface area contributed by atoms with Crippen LogP contribution >= 0.6 is 0 Å². The Balaban J connectivity index is 2.94. The van der Waals surface area contributed by atoms with Gasteiger partial charge in [0, 0.05) is 5.69 Å². The van der Waals surface area contributed by atoms with Crippen molar-refractivity contribution in [3.8, 4) is 6.07 Å². The Bertz CT molecular complexity index is 306. The number of nitrogen functional groups attached to an aromatic ring is 1. The van der Waals surface area contributed by atoms with Crippen molar-refractivity contribution in [3.05, 3.63) is 29.8 Å². The number of anilines is 1. The largest absolute Gasteiger partial charge is 0.399 e. The van der Waals surface area contributed by atoms with Gasteiger partial charge in [-0.05, 0) is 23.6 Å². The second-order valence-corrected chi connectivity index (χ2v) is 3.52. The number of nitriles is 1. The molecular formula is C11H14N2. The molecule has 0 heterocycles. The summed E-state index contributed by atoms with van der Waals surface area (Å²) in [6, 6.07) is 9.81. The maximum absolute atomic E-state index is 8.94. The first-order chi connectivity index (χ1) is 6.15. The molecule has 2 nitrogen and oxygen atoms in total. The van der Waals surface area contributed by atoms with Crippen LogP contribution in [0.25, 0.3) is 0 Å². The summed E-state index contributed by atoms with van der Waals surface area (Å²) >= 11 is 0. The minimum absolute atomic E-state index is 0.0272. The van der Waals surface area contributed by atoms with Crippen LogP contribution in [0.2, 0.25) is 0 Å². The van der Waals surface area contributed by atoms with Crippen LogP contribution in [0.4, 0.5) is 5.69 Å². The van der Waals surface area contributed by atoms with Gasteiger partial charge in [-0.3, -0.25) is 0 Å². The van der Waals surface area contributed by atoms with E-state index in [0.29, 0.717) is 5.92 Å². The van der Waals surface area contributed by atoms with Gasteiger partial charge in [-0.15, -0.1) is 0 Å². The van der Waals surface area contributed by atoms with Crippen molar-refractivity contribution in [1.29, 1.82) is 5.26 Å². The Labute approximate surface area is 79.0 Å². The summed E-state index contributed by atoms with van der Waals surface area (Å²) in [5.74, 6) is 0.314. The van der Waals surface area contributed by atoms with Crippen LogP contribution in [-0.2, 0) is 0 Å². The van der Waals surface area contributed by atoms with Crippen LogP contribution in [0.15, 0.2) is 24.3 Å². The lowest BCUT2D eigenvalue weighted by atomic mass is 9.90. The number of hydrogen-bond donors (Lipinski definition) is 1. The normalized spacial score (nSPS) is 12.5. The summed E-state index contributed by atoms with van der Waals surface area (Å²) in [6.45, 7) is 4.09. The third-order valence-electron chi connectivity index (χ3n) is 2.10. The molecule has 0 spiro atoms. The molecule has 1 aromatic rings. The van der Waals surface area contributed by atoms with Crippen molar-refractivity contribution in [2.24, 2.45) is 5.92 Å². The van der Waals surface area contributed by atoms with Crippen molar-refractivity contribution in [1.82, 2.24) is 0 Å². The maximum Gasteiger partial charge on any atom is 0.0735 e. The quantitative estimate of drug-likeness (QED) is 0.700. The van der Waals surface area contributed by atoms with E-state index in [1.54, 1.807) is 0 Å². The average molecular weight is 174 g/mol. The Morgan fingerprint density at radius 3 is 2.15 bits per heavy atom. The lowest BCUT2D eigenvalue weighted by Crippen LogP contribution is -2.03. The van der Waals surface area contributed by atoms with Gasteiger partial charge in [-0.25, -0.2) is 0 Å². The van der Waals surface area contributed by atoms with E-state index in [1.165, 1.54) is 0 Å². The summed E-state index contributed by atoms with van der Waals surface area (Å²) in [5.41, 5.74) is 7.35. The fourth-order valence-electron chi connectivity index (χ4n) is 1.31. The number of hydrogen-bond acceptors (Lipinski definition) is 2. The van der Waals surface area contributed by atoms with Gasteiger partial charge in [-0.1, -0.05) is 26.0 Å². The number of benzene rings is 1. The number of nitrogens with zero attached hydrogens (tertiary/aromatic N) is 1. The third kappa shape index (κ3) is 2.22. The molecule has 1 atom stereocenters. The first-order valence-electron chi connectivity index (χ1n) is 4.40. The Kier molecular flexibility index (Phi) is 2.92. The topological polar surface area (TPSA) is 49.8 Å². The fourth-order valence-corrected chi connectivity index (χ4v) is 1.31. The highest BCUT2D eigenvalue weighted by atomic mass is 14.5. The lowest BCUT2D eigenvalue weighted by molar-refractivity contribution is 0.587. The predicted octanol–water partition coefficient (Wildman–Crippen LogP) is 2.53. The van der Waals surface area contributed by atoms with Crippen molar-refractivity contribution < 1.29 is 0 Å². The van der Waals surface area contributed by atoms with Crippen LogP contribution in [-0.4, -0.2) is 0 Å². The Morgan fingerprint density at radius 1 is 1.23 bits per heavy atom. The van der Waals surface area contributed by atoms with Crippen LogP contribution in [0.3, 0.4) is 0 Å². The van der Waals surface area contributed by atoms with Crippen molar-refractivity contribution >= 4 is 5.69 Å². The van der Waals surface area contributed by atoms with Crippen molar-refractivity contribution in [3.63, 3.8) is 0 Å². The predicted molar refractivity (Wildman–Crippen MR) is 54.0 cm³/mol. The second-order valence-electron chi connectivity index (χ2n) is 3.52. The molecule has 68 valence electrons. The molecule has 0 aliphatic rings. The van der Waals surface area contributed by atoms with Crippen LogP contribution in [0.1, 0.15) is 25.3 Å². The highest BCUT2D eigenvalue weighted by Gasteiger charge is 2.13. The SMILES string of the molecule is CC(C)[C@@H](C#N)c1ccc(N)cc1. The summed E-state index contributed by atoms with van der Waals surface area (Å²) in [7, 11) is 0. The van der Waals surface area contributed by atoms with E-state index in [0.717, 1.165) is 11.3 Å². The van der Waals surface area contributed by atoms with Gasteiger partial charge in [0.2, 0.25) is 0 Å². The molecule has 0 unspecified atom stereocenters. The van der Waals surface area contributed by atoms with Gasteiger partial charge < -0.3 is 5.73 Å². The van der Waals surface area contributed by atoms with Crippen LogP contribution < -0.4 is 5.73 Å². The van der Waals surface area contributed by atoms with E-state index in [4.69, 9.17) is 11.0 Å². The fraction of sp³-hybridized carbons (Fsp3) is 0.364. The van der Waals surface area contributed by atoms with Gasteiger partial charge in [-0.2, -0.15) is 5.26 Å². The minimum atomic E-state index is -0.0272. The first-order valence-corrected chi connectivity index (χ1v) is 4.40. The van der Waals surface area contributed by atoms with E-state index in [9.17, 15) is 0 Å². The van der Waals surface area contributed by atoms with Gasteiger partial charge in [0.1, 0.15) is 0 Å². The first kappa shape index (κ1) is 9.60. The van der Waals surface area contributed by atoms with Crippen LogP contribution in [0, 0.1) is 17.2 Å². The van der Waals surface area contributed by atoms with E-state index < -0.39 is 0 Å². The summed E-state index contributed by atoms with van der Waals surface area (Å²) in [4.78, 5) is 0. The van der Waals surface area contributed by atoms with Gasteiger partial charge in [0.25, 0.3) is 0 Å². The van der Waals surface area contributed by atoms with Crippen molar-refractivity contribution in [2.75, 3.05) is 5.73 Å². The number of rotatable bonds is 2. The molecule has 2 heteroatoms. The van der Waals surface area contributed by atoms with E-state index >= 15 is 0 Å². The van der Waals surface area contributed by atoms with Gasteiger partial charge >= 0.3 is 0 Å². The zero-order valence-corrected chi connectivity index (χ0v) is 7.99. The molecule has 0 fully saturated rings. The zero-order chi connectivity index (χ0) is 9.84. The summed E-state index contributed by atoms with van der Waals surface area (Å²) in [5, 5.41) is 8.94. The van der Waals surface area contributed by atoms with Crippen LogP contribution in [0.5, 0.6) is 0 Å². The molecule has 0 aliphatic heterocycles. The zero-order valence-electron chi connectivity index (χ0n) is 7.99. The van der Waals surface area contributed by atoms with E-state index in [1.807, 2.05) is 38.1 Å². The highest BCUT2D eigenvalue weighted by molar-refractivity contribution is 5.41. The number of nitrogens with two attached hydrogens (primary N) is 1. The Morgan fingerprint density at radius 2 is 1.77 bits per heavy atom. The maximum atomic E-state index is 8.94. The Hall–Kier alpha value is -1.49. The monoisotopic (exact) mass is 174 g/mol. The van der Waals surface area contributed by atoms with E-state index in [-0.39, 0.29) is 5.92 Å². The average Bonchev–Trinajstić information content (AvgIpc) is 2.09. The molecule has 0 aliphatic carbocycles. The van der Waals surface area contributed by atoms with Crippen molar-refractivity contribution in [2.45, 2.75) is 19.8 Å². The van der Waals surface area contributed by atoms with Gasteiger partial charge in [0.05, 0.1) is 12.0 Å². The standard InChI is InChI=1S/C11H14N2/c1-8(2)11(7-12)9-3-5-10(13)6-4-9/h3-6,8,11H,13H2,1-2H3/t11-/m1/s1. The minimum Gasteiger partial charge on any atom is -0.399 e. The lowest BCUT2D eigenvalue weighted by Gasteiger charge is -2.12. The molecule has 2 N–H and O–H groups in total.